The van der Waals surface area contributed by atoms with Crippen molar-refractivity contribution in [3.8, 4) is 0 Å². The summed E-state index contributed by atoms with van der Waals surface area (Å²) in [6, 6.07) is 4.14. The van der Waals surface area contributed by atoms with E-state index in [9.17, 15) is 0 Å². The average Bonchev–Trinajstić information content (AvgIpc) is 3.07. The summed E-state index contributed by atoms with van der Waals surface area (Å²) in [6.45, 7) is 4.09. The fourth-order valence-electron chi connectivity index (χ4n) is 2.68. The maximum absolute atomic E-state index is 6.07. The van der Waals surface area contributed by atoms with E-state index in [0.29, 0.717) is 5.95 Å². The van der Waals surface area contributed by atoms with Gasteiger partial charge in [-0.3, -0.25) is 9.25 Å². The second kappa shape index (κ2) is 4.70. The van der Waals surface area contributed by atoms with E-state index in [1.54, 1.807) is 6.26 Å². The average molecular weight is 273 g/mol. The molecule has 3 rings (SSSR count). The predicted octanol–water partition coefficient (Wildman–Crippen LogP) is 2.45. The van der Waals surface area contributed by atoms with Crippen molar-refractivity contribution in [2.75, 3.05) is 5.73 Å². The standard InChI is InChI=1S/C14H19N5O/c1-9(6-7-11-5-4-8-20-11)19-13-12(16-14(19)15)10(2)17-18(13)3/h4-5,8-9H,6-7H2,1-3H3,(H2,15,16). The largest absolute Gasteiger partial charge is 0.469 e. The molecule has 0 aliphatic carbocycles. The lowest BCUT2D eigenvalue weighted by Crippen LogP contribution is -2.12. The molecule has 3 heterocycles. The van der Waals surface area contributed by atoms with Gasteiger partial charge in [-0.15, -0.1) is 0 Å². The number of nitrogens with zero attached hydrogens (tertiary/aromatic N) is 4. The van der Waals surface area contributed by atoms with E-state index in [4.69, 9.17) is 10.2 Å². The Morgan fingerprint density at radius 3 is 2.95 bits per heavy atom. The quantitative estimate of drug-likeness (QED) is 0.792. The molecular weight excluding hydrogens is 254 g/mol. The predicted molar refractivity (Wildman–Crippen MR) is 77.4 cm³/mol. The zero-order valence-corrected chi connectivity index (χ0v) is 12.0. The first-order valence-corrected chi connectivity index (χ1v) is 6.77. The molecule has 0 aliphatic heterocycles. The van der Waals surface area contributed by atoms with Gasteiger partial charge in [0.15, 0.2) is 5.65 Å². The minimum absolute atomic E-state index is 0.236. The fraction of sp³-hybridized carbons (Fsp3) is 0.429. The number of imidazole rings is 1. The summed E-state index contributed by atoms with van der Waals surface area (Å²) in [5.41, 5.74) is 8.84. The second-order valence-electron chi connectivity index (χ2n) is 5.19. The molecule has 106 valence electrons. The second-order valence-corrected chi connectivity index (χ2v) is 5.19. The topological polar surface area (TPSA) is 74.8 Å². The summed E-state index contributed by atoms with van der Waals surface area (Å²) in [5.74, 6) is 1.54. The molecule has 0 bridgehead atoms. The van der Waals surface area contributed by atoms with Crippen LogP contribution in [0.3, 0.4) is 0 Å². The van der Waals surface area contributed by atoms with Gasteiger partial charge in [0.25, 0.3) is 0 Å². The van der Waals surface area contributed by atoms with Gasteiger partial charge in [0.05, 0.1) is 12.0 Å². The number of rotatable bonds is 4. The van der Waals surface area contributed by atoms with E-state index in [-0.39, 0.29) is 6.04 Å². The van der Waals surface area contributed by atoms with Crippen molar-refractivity contribution in [1.29, 1.82) is 0 Å². The number of fused-ring (bicyclic) bond motifs is 1. The molecule has 3 aromatic heterocycles. The maximum Gasteiger partial charge on any atom is 0.202 e. The van der Waals surface area contributed by atoms with Crippen molar-refractivity contribution in [2.24, 2.45) is 7.05 Å². The van der Waals surface area contributed by atoms with E-state index < -0.39 is 0 Å². The van der Waals surface area contributed by atoms with E-state index in [1.165, 1.54) is 0 Å². The molecular formula is C14H19N5O. The minimum Gasteiger partial charge on any atom is -0.469 e. The molecule has 0 aromatic carbocycles. The van der Waals surface area contributed by atoms with Crippen LogP contribution in [0.4, 0.5) is 5.95 Å². The molecule has 0 fully saturated rings. The van der Waals surface area contributed by atoms with Crippen LogP contribution in [0.1, 0.15) is 30.8 Å². The number of anilines is 1. The van der Waals surface area contributed by atoms with Gasteiger partial charge in [-0.2, -0.15) is 5.10 Å². The van der Waals surface area contributed by atoms with Gasteiger partial charge in [0.1, 0.15) is 11.3 Å². The van der Waals surface area contributed by atoms with E-state index in [1.807, 2.05) is 30.8 Å². The highest BCUT2D eigenvalue weighted by Gasteiger charge is 2.19. The van der Waals surface area contributed by atoms with Gasteiger partial charge >= 0.3 is 0 Å². The maximum atomic E-state index is 6.07. The molecule has 0 saturated heterocycles. The molecule has 6 heteroatoms. The highest BCUT2D eigenvalue weighted by molar-refractivity contribution is 5.77. The molecule has 2 N–H and O–H groups in total. The zero-order chi connectivity index (χ0) is 14.3. The number of hydrogen-bond acceptors (Lipinski definition) is 4. The Labute approximate surface area is 117 Å². The Morgan fingerprint density at radius 1 is 1.45 bits per heavy atom. The van der Waals surface area contributed by atoms with Crippen molar-refractivity contribution in [3.05, 3.63) is 29.9 Å². The molecule has 6 nitrogen and oxygen atoms in total. The number of furan rings is 1. The third-order valence-corrected chi connectivity index (χ3v) is 3.69. The van der Waals surface area contributed by atoms with Crippen LogP contribution in [0, 0.1) is 6.92 Å². The van der Waals surface area contributed by atoms with Crippen molar-refractivity contribution in [2.45, 2.75) is 32.7 Å². The third-order valence-electron chi connectivity index (χ3n) is 3.69. The summed E-state index contributed by atoms with van der Waals surface area (Å²) in [4.78, 5) is 4.43. The normalized spacial score (nSPS) is 13.2. The van der Waals surface area contributed by atoms with E-state index >= 15 is 0 Å². The first-order valence-electron chi connectivity index (χ1n) is 6.77. The van der Waals surface area contributed by atoms with Gasteiger partial charge in [-0.1, -0.05) is 0 Å². The highest BCUT2D eigenvalue weighted by atomic mass is 16.3. The Morgan fingerprint density at radius 2 is 2.25 bits per heavy atom. The van der Waals surface area contributed by atoms with Crippen LogP contribution in [0.25, 0.3) is 11.2 Å². The lowest BCUT2D eigenvalue weighted by molar-refractivity contribution is 0.456. The van der Waals surface area contributed by atoms with Gasteiger partial charge < -0.3 is 10.2 Å². The lowest BCUT2D eigenvalue weighted by atomic mass is 10.1. The SMILES string of the molecule is Cc1nn(C)c2c1nc(N)n2C(C)CCc1ccco1. The van der Waals surface area contributed by atoms with Crippen molar-refractivity contribution >= 4 is 17.1 Å². The lowest BCUT2D eigenvalue weighted by Gasteiger charge is -2.15. The Kier molecular flexibility index (Phi) is 3.00. The Bertz CT molecular complexity index is 722. The van der Waals surface area contributed by atoms with Gasteiger partial charge in [-0.05, 0) is 32.4 Å². The first kappa shape index (κ1) is 12.8. The first-order chi connectivity index (χ1) is 9.58. The molecule has 1 unspecified atom stereocenters. The molecule has 3 aromatic rings. The van der Waals surface area contributed by atoms with Crippen LogP contribution in [0.15, 0.2) is 22.8 Å². The van der Waals surface area contributed by atoms with Crippen LogP contribution in [0.2, 0.25) is 0 Å². The Hall–Kier alpha value is -2.24. The number of hydrogen-bond donors (Lipinski definition) is 1. The molecule has 20 heavy (non-hydrogen) atoms. The van der Waals surface area contributed by atoms with E-state index in [0.717, 1.165) is 35.5 Å². The monoisotopic (exact) mass is 273 g/mol. The number of aromatic nitrogens is 4. The molecule has 0 amide bonds. The molecule has 1 atom stereocenters. The highest BCUT2D eigenvalue weighted by Crippen LogP contribution is 2.26. The summed E-state index contributed by atoms with van der Waals surface area (Å²) < 4.78 is 9.27. The van der Waals surface area contributed by atoms with E-state index in [2.05, 4.69) is 21.6 Å². The number of nitrogens with two attached hydrogens (primary N) is 1. The summed E-state index contributed by atoms with van der Waals surface area (Å²) >= 11 is 0. The van der Waals surface area contributed by atoms with Crippen molar-refractivity contribution in [1.82, 2.24) is 19.3 Å². The van der Waals surface area contributed by atoms with Crippen LogP contribution < -0.4 is 5.73 Å². The van der Waals surface area contributed by atoms with Crippen LogP contribution in [-0.4, -0.2) is 19.3 Å². The summed E-state index contributed by atoms with van der Waals surface area (Å²) in [5, 5.41) is 4.40. The van der Waals surface area contributed by atoms with Gasteiger partial charge in [-0.25, -0.2) is 4.98 Å². The van der Waals surface area contributed by atoms with Gasteiger partial charge in [0.2, 0.25) is 5.95 Å². The summed E-state index contributed by atoms with van der Waals surface area (Å²) in [6.07, 6.45) is 3.52. The molecule has 0 aliphatic rings. The molecule has 0 saturated carbocycles. The Balaban J connectivity index is 1.90. The van der Waals surface area contributed by atoms with Crippen molar-refractivity contribution in [3.63, 3.8) is 0 Å². The summed E-state index contributed by atoms with van der Waals surface area (Å²) in [7, 11) is 1.92. The number of aryl methyl sites for hydroxylation is 3. The van der Waals surface area contributed by atoms with Crippen LogP contribution in [0.5, 0.6) is 0 Å². The number of nitrogen functional groups attached to an aromatic ring is 1. The van der Waals surface area contributed by atoms with Crippen LogP contribution >= 0.6 is 0 Å². The van der Waals surface area contributed by atoms with Gasteiger partial charge in [0, 0.05) is 19.5 Å². The van der Waals surface area contributed by atoms with Crippen molar-refractivity contribution < 1.29 is 4.42 Å². The van der Waals surface area contributed by atoms with Crippen LogP contribution in [-0.2, 0) is 13.5 Å². The minimum atomic E-state index is 0.236. The smallest absolute Gasteiger partial charge is 0.202 e. The fourth-order valence-corrected chi connectivity index (χ4v) is 2.68. The molecule has 0 radical (unpaired) electrons. The third kappa shape index (κ3) is 1.97. The zero-order valence-electron chi connectivity index (χ0n) is 12.0. The molecule has 0 spiro atoms.